The summed E-state index contributed by atoms with van der Waals surface area (Å²) in [5.41, 5.74) is 2.29. The number of nitrogens with zero attached hydrogens (tertiary/aromatic N) is 3. The van der Waals surface area contributed by atoms with Gasteiger partial charge < -0.3 is 14.6 Å². The van der Waals surface area contributed by atoms with Crippen molar-refractivity contribution in [2.45, 2.75) is 26.3 Å². The number of hydrogen-bond donors (Lipinski definition) is 1. The lowest BCUT2D eigenvalue weighted by Gasteiger charge is -2.07. The largest absolute Gasteiger partial charge is 0.497 e. The summed E-state index contributed by atoms with van der Waals surface area (Å²) in [6.45, 7) is 2.75. The van der Waals surface area contributed by atoms with Gasteiger partial charge in [0.1, 0.15) is 16.6 Å². The van der Waals surface area contributed by atoms with E-state index in [-0.39, 0.29) is 6.42 Å². The van der Waals surface area contributed by atoms with E-state index in [0.29, 0.717) is 42.0 Å². The average Bonchev–Trinajstić information content (AvgIpc) is 3.00. The summed E-state index contributed by atoms with van der Waals surface area (Å²) in [6, 6.07) is 9.27. The minimum absolute atomic E-state index is 0.0625. The number of aliphatic carboxylic acids is 1. The molecule has 0 amide bonds. The predicted octanol–water partition coefficient (Wildman–Crippen LogP) is 4.02. The Labute approximate surface area is 161 Å². The fraction of sp³-hybridized carbons (Fsp3) is 0.316. The molecular weight excluding hydrogens is 370 g/mol. The first-order chi connectivity index (χ1) is 13.0. The number of benzene rings is 1. The van der Waals surface area contributed by atoms with Gasteiger partial charge in [-0.05, 0) is 25.5 Å². The van der Waals surface area contributed by atoms with Crippen molar-refractivity contribution in [2.24, 2.45) is 0 Å². The fourth-order valence-corrected chi connectivity index (χ4v) is 3.07. The molecular formula is C19H20ClN3O4. The maximum absolute atomic E-state index is 10.8. The van der Waals surface area contributed by atoms with E-state index in [4.69, 9.17) is 31.3 Å². The fourth-order valence-electron chi connectivity index (χ4n) is 2.89. The van der Waals surface area contributed by atoms with E-state index < -0.39 is 5.97 Å². The van der Waals surface area contributed by atoms with Crippen LogP contribution in [0.2, 0.25) is 5.15 Å². The van der Waals surface area contributed by atoms with Gasteiger partial charge in [-0.1, -0.05) is 23.7 Å². The third-order valence-corrected chi connectivity index (χ3v) is 4.25. The lowest BCUT2D eigenvalue weighted by molar-refractivity contribution is -0.137. The van der Waals surface area contributed by atoms with Crippen molar-refractivity contribution < 1.29 is 19.4 Å². The highest BCUT2D eigenvalue weighted by atomic mass is 35.5. The van der Waals surface area contributed by atoms with Gasteiger partial charge in [-0.15, -0.1) is 0 Å². The molecule has 0 saturated carbocycles. The standard InChI is InChI=1S/C19H20ClN3O4/c1-3-27-19-17-14(11-15(20)21-19)23(9-5-8-16(24)25)22-18(17)12-6-4-7-13(10-12)26-2/h4,6-7,10-11H,3,5,8-9H2,1-2H3,(H,24,25). The zero-order valence-electron chi connectivity index (χ0n) is 15.1. The number of fused-ring (bicyclic) bond motifs is 1. The summed E-state index contributed by atoms with van der Waals surface area (Å²) in [6.07, 6.45) is 0.514. The van der Waals surface area contributed by atoms with Crippen molar-refractivity contribution in [3.05, 3.63) is 35.5 Å². The zero-order chi connectivity index (χ0) is 19.4. The highest BCUT2D eigenvalue weighted by molar-refractivity contribution is 6.30. The third kappa shape index (κ3) is 4.14. The van der Waals surface area contributed by atoms with Gasteiger partial charge in [0.2, 0.25) is 5.88 Å². The van der Waals surface area contributed by atoms with E-state index in [2.05, 4.69) is 4.98 Å². The number of hydrogen-bond acceptors (Lipinski definition) is 5. The molecule has 0 radical (unpaired) electrons. The molecule has 0 atom stereocenters. The van der Waals surface area contributed by atoms with Crippen LogP contribution in [-0.4, -0.2) is 39.6 Å². The molecule has 27 heavy (non-hydrogen) atoms. The monoisotopic (exact) mass is 389 g/mol. The van der Waals surface area contributed by atoms with Gasteiger partial charge >= 0.3 is 5.97 Å². The molecule has 1 N–H and O–H groups in total. The smallest absolute Gasteiger partial charge is 0.303 e. The van der Waals surface area contributed by atoms with Crippen LogP contribution in [-0.2, 0) is 11.3 Å². The Morgan fingerprint density at radius 1 is 1.33 bits per heavy atom. The highest BCUT2D eigenvalue weighted by Crippen LogP contribution is 2.36. The zero-order valence-corrected chi connectivity index (χ0v) is 15.9. The number of rotatable bonds is 8. The number of aromatic nitrogens is 3. The van der Waals surface area contributed by atoms with Crippen LogP contribution in [0.1, 0.15) is 19.8 Å². The van der Waals surface area contributed by atoms with Crippen LogP contribution in [0.5, 0.6) is 11.6 Å². The molecule has 0 bridgehead atoms. The Bertz CT molecular complexity index is 971. The molecule has 7 nitrogen and oxygen atoms in total. The molecule has 0 unspecified atom stereocenters. The second-order valence-corrected chi connectivity index (χ2v) is 6.27. The third-order valence-electron chi connectivity index (χ3n) is 4.05. The summed E-state index contributed by atoms with van der Waals surface area (Å²) >= 11 is 6.17. The van der Waals surface area contributed by atoms with Crippen molar-refractivity contribution in [1.29, 1.82) is 0 Å². The average molecular weight is 390 g/mol. The molecule has 2 heterocycles. The van der Waals surface area contributed by atoms with Gasteiger partial charge in [0.15, 0.2) is 0 Å². The van der Waals surface area contributed by atoms with Gasteiger partial charge in [0, 0.05) is 24.6 Å². The number of ether oxygens (including phenoxy) is 2. The Morgan fingerprint density at radius 2 is 2.15 bits per heavy atom. The van der Waals surface area contributed by atoms with Crippen LogP contribution < -0.4 is 9.47 Å². The van der Waals surface area contributed by atoms with Gasteiger partial charge in [-0.25, -0.2) is 4.98 Å². The summed E-state index contributed by atoms with van der Waals surface area (Å²) < 4.78 is 12.8. The second kappa shape index (κ2) is 8.26. The quantitative estimate of drug-likeness (QED) is 0.585. The molecule has 0 spiro atoms. The van der Waals surface area contributed by atoms with Crippen molar-refractivity contribution in [3.63, 3.8) is 0 Å². The second-order valence-electron chi connectivity index (χ2n) is 5.88. The molecule has 0 aliphatic rings. The number of halogens is 1. The Balaban J connectivity index is 2.17. The number of aryl methyl sites for hydroxylation is 1. The van der Waals surface area contributed by atoms with E-state index in [0.717, 1.165) is 16.5 Å². The van der Waals surface area contributed by atoms with Crippen molar-refractivity contribution in [3.8, 4) is 22.9 Å². The van der Waals surface area contributed by atoms with E-state index in [9.17, 15) is 4.79 Å². The Morgan fingerprint density at radius 3 is 2.85 bits per heavy atom. The van der Waals surface area contributed by atoms with Crippen molar-refractivity contribution >= 4 is 28.5 Å². The highest BCUT2D eigenvalue weighted by Gasteiger charge is 2.19. The molecule has 0 saturated heterocycles. The van der Waals surface area contributed by atoms with Crippen LogP contribution in [0.25, 0.3) is 22.2 Å². The van der Waals surface area contributed by atoms with Crippen LogP contribution in [0, 0.1) is 0 Å². The molecule has 1 aromatic carbocycles. The molecule has 0 fully saturated rings. The van der Waals surface area contributed by atoms with Gasteiger partial charge in [0.25, 0.3) is 0 Å². The van der Waals surface area contributed by atoms with Crippen molar-refractivity contribution in [1.82, 2.24) is 14.8 Å². The van der Waals surface area contributed by atoms with E-state index in [1.54, 1.807) is 17.9 Å². The van der Waals surface area contributed by atoms with Gasteiger partial charge in [-0.3, -0.25) is 9.48 Å². The molecule has 3 rings (SSSR count). The summed E-state index contributed by atoms with van der Waals surface area (Å²) in [4.78, 5) is 15.2. The van der Waals surface area contributed by atoms with Crippen LogP contribution in [0.3, 0.4) is 0 Å². The summed E-state index contributed by atoms with van der Waals surface area (Å²) in [7, 11) is 1.61. The van der Waals surface area contributed by atoms with E-state index >= 15 is 0 Å². The lowest BCUT2D eigenvalue weighted by Crippen LogP contribution is -2.04. The number of methoxy groups -OCH3 is 1. The van der Waals surface area contributed by atoms with E-state index in [1.807, 2.05) is 31.2 Å². The van der Waals surface area contributed by atoms with Crippen LogP contribution in [0.15, 0.2) is 30.3 Å². The van der Waals surface area contributed by atoms with Gasteiger partial charge in [-0.2, -0.15) is 5.10 Å². The molecule has 0 aliphatic carbocycles. The topological polar surface area (TPSA) is 86.5 Å². The Hall–Kier alpha value is -2.80. The minimum Gasteiger partial charge on any atom is -0.497 e. The normalized spacial score (nSPS) is 10.9. The molecule has 2 aromatic heterocycles. The van der Waals surface area contributed by atoms with E-state index in [1.165, 1.54) is 0 Å². The lowest BCUT2D eigenvalue weighted by atomic mass is 10.1. The van der Waals surface area contributed by atoms with Crippen LogP contribution in [0.4, 0.5) is 0 Å². The van der Waals surface area contributed by atoms with Crippen LogP contribution >= 0.6 is 11.6 Å². The minimum atomic E-state index is -0.839. The van der Waals surface area contributed by atoms with Gasteiger partial charge in [0.05, 0.1) is 24.6 Å². The molecule has 142 valence electrons. The number of pyridine rings is 1. The maximum Gasteiger partial charge on any atom is 0.303 e. The number of carboxylic acids is 1. The van der Waals surface area contributed by atoms with Crippen molar-refractivity contribution in [2.75, 3.05) is 13.7 Å². The first-order valence-corrected chi connectivity index (χ1v) is 8.97. The summed E-state index contributed by atoms with van der Waals surface area (Å²) in [5.74, 6) is 0.275. The number of carbonyl (C=O) groups is 1. The predicted molar refractivity (Wildman–Crippen MR) is 103 cm³/mol. The molecule has 0 aliphatic heterocycles. The molecule has 8 heteroatoms. The maximum atomic E-state index is 10.8. The number of carboxylic acid groups (broad SMARTS) is 1. The first kappa shape index (κ1) is 19.0. The SMILES string of the molecule is CCOc1nc(Cl)cc2c1c(-c1cccc(OC)c1)nn2CCCC(=O)O. The Kier molecular flexibility index (Phi) is 5.81. The summed E-state index contributed by atoms with van der Waals surface area (Å²) in [5, 5.41) is 14.6. The molecule has 3 aromatic rings. The first-order valence-electron chi connectivity index (χ1n) is 8.59.